The summed E-state index contributed by atoms with van der Waals surface area (Å²) in [4.78, 5) is 25.2. The van der Waals surface area contributed by atoms with Crippen molar-refractivity contribution in [2.75, 3.05) is 24.3 Å². The zero-order valence-corrected chi connectivity index (χ0v) is 14.7. The van der Waals surface area contributed by atoms with Crippen molar-refractivity contribution >= 4 is 28.4 Å². The van der Waals surface area contributed by atoms with Crippen molar-refractivity contribution < 1.29 is 9.53 Å². The van der Waals surface area contributed by atoms with Crippen LogP contribution in [0.2, 0.25) is 0 Å². The number of aromatic nitrogens is 5. The molecule has 10 heteroatoms. The van der Waals surface area contributed by atoms with Crippen LogP contribution in [0.5, 0.6) is 6.01 Å². The van der Waals surface area contributed by atoms with Gasteiger partial charge in [0.25, 0.3) is 5.91 Å². The highest BCUT2D eigenvalue weighted by molar-refractivity contribution is 6.13. The zero-order valence-electron chi connectivity index (χ0n) is 14.7. The van der Waals surface area contributed by atoms with E-state index < -0.39 is 0 Å². The van der Waals surface area contributed by atoms with E-state index >= 15 is 0 Å². The van der Waals surface area contributed by atoms with E-state index in [2.05, 4.69) is 30.7 Å². The lowest BCUT2D eigenvalue weighted by atomic mass is 10.1. The molecule has 0 unspecified atom stereocenters. The van der Waals surface area contributed by atoms with Crippen molar-refractivity contribution in [1.29, 1.82) is 0 Å². The maximum Gasteiger partial charge on any atom is 0.316 e. The molecule has 136 valence electrons. The molecule has 1 atom stereocenters. The number of rotatable bonds is 6. The molecule has 0 bridgehead atoms. The van der Waals surface area contributed by atoms with Gasteiger partial charge in [0, 0.05) is 36.9 Å². The molecular formula is C16H20N8O2. The lowest BCUT2D eigenvalue weighted by molar-refractivity contribution is 0.102. The second kappa shape index (κ2) is 7.31. The first-order valence-corrected chi connectivity index (χ1v) is 7.98. The number of ether oxygens (including phenoxy) is 1. The number of fused-ring (bicyclic) bond motifs is 1. The lowest BCUT2D eigenvalue weighted by Gasteiger charge is -2.14. The number of carbonyl (C=O) groups excluding carboxylic acids is 1. The average molecular weight is 356 g/mol. The summed E-state index contributed by atoms with van der Waals surface area (Å²) in [6.07, 6.45) is 2.98. The minimum absolute atomic E-state index is 0.0249. The molecule has 0 aliphatic rings. The molecule has 0 radical (unpaired) electrons. The highest BCUT2D eigenvalue weighted by Gasteiger charge is 2.17. The van der Waals surface area contributed by atoms with Gasteiger partial charge in [-0.15, -0.1) is 0 Å². The van der Waals surface area contributed by atoms with Gasteiger partial charge in [-0.25, -0.2) is 9.67 Å². The number of nitrogens with zero attached hydrogens (tertiary/aromatic N) is 5. The highest BCUT2D eigenvalue weighted by Crippen LogP contribution is 2.26. The number of anilines is 2. The Kier molecular flexibility index (Phi) is 4.94. The van der Waals surface area contributed by atoms with Crippen molar-refractivity contribution in [1.82, 2.24) is 24.7 Å². The van der Waals surface area contributed by atoms with E-state index in [1.54, 1.807) is 25.4 Å². The van der Waals surface area contributed by atoms with Crippen LogP contribution in [0.3, 0.4) is 0 Å². The van der Waals surface area contributed by atoms with Crippen LogP contribution in [0, 0.1) is 0 Å². The third-order valence-electron chi connectivity index (χ3n) is 3.71. The highest BCUT2D eigenvalue weighted by atomic mass is 16.5. The summed E-state index contributed by atoms with van der Waals surface area (Å²) in [5.74, 6) is -0.0195. The van der Waals surface area contributed by atoms with Crippen molar-refractivity contribution in [3.63, 3.8) is 0 Å². The fourth-order valence-corrected chi connectivity index (χ4v) is 2.39. The molecule has 1 aromatic carbocycles. The normalized spacial score (nSPS) is 12.0. The quantitative estimate of drug-likeness (QED) is 0.590. The predicted octanol–water partition coefficient (Wildman–Crippen LogP) is 0.778. The first-order chi connectivity index (χ1) is 12.5. The van der Waals surface area contributed by atoms with E-state index in [1.807, 2.05) is 6.92 Å². The first-order valence-electron chi connectivity index (χ1n) is 7.98. The van der Waals surface area contributed by atoms with E-state index in [4.69, 9.17) is 10.5 Å². The molecular weight excluding hydrogens is 336 g/mol. The summed E-state index contributed by atoms with van der Waals surface area (Å²) in [7, 11) is 3.16. The minimum Gasteiger partial charge on any atom is -0.467 e. The maximum absolute atomic E-state index is 12.7. The van der Waals surface area contributed by atoms with E-state index in [-0.39, 0.29) is 18.0 Å². The minimum atomic E-state index is -0.356. The molecule has 0 spiro atoms. The van der Waals surface area contributed by atoms with Crippen molar-refractivity contribution in [3.05, 3.63) is 30.2 Å². The summed E-state index contributed by atoms with van der Waals surface area (Å²) in [5.41, 5.74) is 7.43. The van der Waals surface area contributed by atoms with Crippen molar-refractivity contribution in [2.45, 2.75) is 13.0 Å². The molecule has 10 nitrogen and oxygen atoms in total. The van der Waals surface area contributed by atoms with Crippen molar-refractivity contribution in [3.8, 4) is 6.01 Å². The summed E-state index contributed by atoms with van der Waals surface area (Å²) < 4.78 is 6.57. The average Bonchev–Trinajstić information content (AvgIpc) is 3.03. The Morgan fingerprint density at radius 2 is 2.19 bits per heavy atom. The number of aryl methyl sites for hydroxylation is 1. The maximum atomic E-state index is 12.7. The summed E-state index contributed by atoms with van der Waals surface area (Å²) >= 11 is 0. The van der Waals surface area contributed by atoms with Gasteiger partial charge in [-0.1, -0.05) is 0 Å². The lowest BCUT2D eigenvalue weighted by Crippen LogP contribution is -2.25. The smallest absolute Gasteiger partial charge is 0.316 e. The number of hydrogen-bond acceptors (Lipinski definition) is 8. The van der Waals surface area contributed by atoms with Gasteiger partial charge in [0.2, 0.25) is 5.95 Å². The van der Waals surface area contributed by atoms with Gasteiger partial charge < -0.3 is 15.8 Å². The third kappa shape index (κ3) is 3.54. The zero-order chi connectivity index (χ0) is 18.7. The number of amides is 1. The monoisotopic (exact) mass is 356 g/mol. The van der Waals surface area contributed by atoms with Crippen LogP contribution in [0.1, 0.15) is 17.3 Å². The predicted molar refractivity (Wildman–Crippen MR) is 97.2 cm³/mol. The van der Waals surface area contributed by atoms with Crippen LogP contribution in [-0.2, 0) is 7.05 Å². The fourth-order valence-electron chi connectivity index (χ4n) is 2.39. The first kappa shape index (κ1) is 17.5. The second-order valence-corrected chi connectivity index (χ2v) is 5.80. The number of methoxy groups -OCH3 is 1. The van der Waals surface area contributed by atoms with Crippen LogP contribution in [0.15, 0.2) is 24.7 Å². The van der Waals surface area contributed by atoms with Gasteiger partial charge in [-0.2, -0.15) is 15.1 Å². The van der Waals surface area contributed by atoms with Gasteiger partial charge in [-0.3, -0.25) is 10.1 Å². The van der Waals surface area contributed by atoms with Gasteiger partial charge in [0.15, 0.2) is 0 Å². The number of carbonyl (C=O) groups is 1. The third-order valence-corrected chi connectivity index (χ3v) is 3.71. The van der Waals surface area contributed by atoms with Crippen LogP contribution in [0.4, 0.5) is 11.6 Å². The molecule has 26 heavy (non-hydrogen) atoms. The fraction of sp³-hybridized carbons (Fsp3) is 0.312. The van der Waals surface area contributed by atoms with E-state index in [1.165, 1.54) is 18.1 Å². The molecule has 0 saturated carbocycles. The molecule has 3 rings (SSSR count). The Morgan fingerprint density at radius 1 is 1.38 bits per heavy atom. The Labute approximate surface area is 149 Å². The summed E-state index contributed by atoms with van der Waals surface area (Å²) in [6.45, 7) is 2.48. The molecule has 2 heterocycles. The van der Waals surface area contributed by atoms with Crippen LogP contribution < -0.4 is 21.1 Å². The van der Waals surface area contributed by atoms with Crippen LogP contribution in [-0.4, -0.2) is 50.3 Å². The van der Waals surface area contributed by atoms with Gasteiger partial charge in [0.1, 0.15) is 6.33 Å². The molecule has 0 aliphatic heterocycles. The SMILES string of the molecule is COc1ncc2c(NC[C@@H](C)N)ccc(C(=O)Nc3ncnn3C)c2n1. The van der Waals surface area contributed by atoms with E-state index in [0.29, 0.717) is 29.0 Å². The molecule has 0 saturated heterocycles. The molecule has 3 aromatic rings. The van der Waals surface area contributed by atoms with Gasteiger partial charge in [-0.05, 0) is 19.1 Å². The summed E-state index contributed by atoms with van der Waals surface area (Å²) in [6, 6.07) is 3.63. The number of nitrogens with one attached hydrogen (secondary N) is 2. The van der Waals surface area contributed by atoms with E-state index in [9.17, 15) is 4.79 Å². The van der Waals surface area contributed by atoms with Crippen molar-refractivity contribution in [2.24, 2.45) is 12.8 Å². The molecule has 2 aromatic heterocycles. The Hall–Kier alpha value is -3.27. The van der Waals surface area contributed by atoms with E-state index in [0.717, 1.165) is 5.69 Å². The number of nitrogens with two attached hydrogens (primary N) is 1. The standard InChI is InChI=1S/C16H20N8O2/c1-9(17)6-18-12-5-4-10(13-11(12)7-19-16(22-13)26-3)14(25)23-15-20-8-21-24(15)2/h4-5,7-9,18H,6,17H2,1-3H3,(H,20,21,23,25)/t9-/m1/s1. The number of hydrogen-bond donors (Lipinski definition) is 3. The topological polar surface area (TPSA) is 133 Å². The Bertz CT molecular complexity index is 937. The molecule has 1 amide bonds. The van der Waals surface area contributed by atoms with Crippen LogP contribution in [0.25, 0.3) is 10.9 Å². The van der Waals surface area contributed by atoms with Gasteiger partial charge >= 0.3 is 6.01 Å². The Balaban J connectivity index is 2.03. The van der Waals surface area contributed by atoms with Crippen LogP contribution >= 0.6 is 0 Å². The van der Waals surface area contributed by atoms with Gasteiger partial charge in [0.05, 0.1) is 18.2 Å². The summed E-state index contributed by atoms with van der Waals surface area (Å²) in [5, 5.41) is 10.6. The molecule has 0 aliphatic carbocycles. The Morgan fingerprint density at radius 3 is 2.85 bits per heavy atom. The largest absolute Gasteiger partial charge is 0.467 e. The second-order valence-electron chi connectivity index (χ2n) is 5.80. The molecule has 0 fully saturated rings. The molecule has 4 N–H and O–H groups in total. The number of benzene rings is 1.